The largest absolute Gasteiger partial charge is 0.479 e. The van der Waals surface area contributed by atoms with Crippen LogP contribution in [0.25, 0.3) is 0 Å². The van der Waals surface area contributed by atoms with Crippen LogP contribution in [0.2, 0.25) is 0 Å². The van der Waals surface area contributed by atoms with E-state index >= 15 is 0 Å². The normalized spacial score (nSPS) is 23.5. The first-order valence-electron chi connectivity index (χ1n) is 18.8. The molecule has 0 radical (unpaired) electrons. The van der Waals surface area contributed by atoms with Gasteiger partial charge in [-0.2, -0.15) is 0 Å². The van der Waals surface area contributed by atoms with Crippen LogP contribution < -0.4 is 5.32 Å². The Morgan fingerprint density at radius 2 is 1.66 bits per heavy atom. The van der Waals surface area contributed by atoms with Crippen molar-refractivity contribution in [1.29, 1.82) is 0 Å². The van der Waals surface area contributed by atoms with Crippen LogP contribution in [0.5, 0.6) is 0 Å². The van der Waals surface area contributed by atoms with Gasteiger partial charge >= 0.3 is 5.97 Å². The molecule has 2 fully saturated rings. The summed E-state index contributed by atoms with van der Waals surface area (Å²) < 4.78 is 22.1. The van der Waals surface area contributed by atoms with Gasteiger partial charge < -0.3 is 49.4 Å². The van der Waals surface area contributed by atoms with Crippen LogP contribution in [0.4, 0.5) is 0 Å². The second-order valence-electron chi connectivity index (χ2n) is 14.7. The van der Waals surface area contributed by atoms with E-state index in [1.807, 2.05) is 63.1 Å². The highest BCUT2D eigenvalue weighted by molar-refractivity contribution is 5.80. The number of nitrogens with one attached hydrogen (secondary N) is 1. The lowest BCUT2D eigenvalue weighted by molar-refractivity contribution is -0.173. The summed E-state index contributed by atoms with van der Waals surface area (Å²) in [5.74, 6) is -1.39. The Balaban J connectivity index is 0.000000751. The first-order chi connectivity index (χ1) is 25.1. The molecule has 3 amide bonds. The minimum Gasteiger partial charge on any atom is -0.479 e. The molecule has 4 N–H and O–H groups in total. The van der Waals surface area contributed by atoms with Gasteiger partial charge in [0.25, 0.3) is 0 Å². The van der Waals surface area contributed by atoms with Crippen molar-refractivity contribution in [3.63, 3.8) is 0 Å². The van der Waals surface area contributed by atoms with Crippen LogP contribution in [-0.2, 0) is 38.1 Å². The number of nitrogens with zero attached hydrogens (tertiary/aromatic N) is 2. The quantitative estimate of drug-likeness (QED) is 0.173. The van der Waals surface area contributed by atoms with Gasteiger partial charge in [-0.25, -0.2) is 4.79 Å². The summed E-state index contributed by atoms with van der Waals surface area (Å²) in [5, 5.41) is 29.4. The zero-order chi connectivity index (χ0) is 39.8. The zero-order valence-electron chi connectivity index (χ0n) is 33.1. The first kappa shape index (κ1) is 46.0. The van der Waals surface area contributed by atoms with E-state index in [9.17, 15) is 19.2 Å². The Labute approximate surface area is 315 Å². The second-order valence-corrected chi connectivity index (χ2v) is 14.7. The fourth-order valence-corrected chi connectivity index (χ4v) is 7.21. The summed E-state index contributed by atoms with van der Waals surface area (Å²) >= 11 is 0. The van der Waals surface area contributed by atoms with Crippen LogP contribution in [0.15, 0.2) is 30.3 Å². The molecule has 0 aliphatic carbocycles. The smallest absolute Gasteiger partial charge is 0.335 e. The molecule has 1 aromatic rings. The molecule has 53 heavy (non-hydrogen) atoms. The number of carboxylic acid groups (broad SMARTS) is 1. The topological polar surface area (TPSA) is 184 Å². The molecule has 14 heteroatoms. The van der Waals surface area contributed by atoms with E-state index in [2.05, 4.69) is 23.9 Å². The second kappa shape index (κ2) is 22.9. The highest BCUT2D eigenvalue weighted by atomic mass is 16.5. The molecule has 2 heterocycles. The number of aliphatic carboxylic acids is 1. The maximum Gasteiger partial charge on any atom is 0.335 e. The third-order valence-corrected chi connectivity index (χ3v) is 10.4. The fraction of sp³-hybridized carbons (Fsp3) is 0.744. The van der Waals surface area contributed by atoms with Gasteiger partial charge in [-0.1, -0.05) is 71.4 Å². The fourth-order valence-electron chi connectivity index (χ4n) is 7.21. The third kappa shape index (κ3) is 13.6. The van der Waals surface area contributed by atoms with Crippen molar-refractivity contribution in [2.45, 2.75) is 122 Å². The average molecular weight is 752 g/mol. The summed E-state index contributed by atoms with van der Waals surface area (Å²) in [6, 6.07) is 9.33. The van der Waals surface area contributed by atoms with Crippen LogP contribution in [-0.4, -0.2) is 139 Å². The Morgan fingerprint density at radius 3 is 2.19 bits per heavy atom. The number of likely N-dealkylation sites (N-methyl/N-ethyl adjacent to an activating group) is 1. The minimum absolute atomic E-state index is 0.0198. The summed E-state index contributed by atoms with van der Waals surface area (Å²) in [6.45, 7) is 11.0. The summed E-state index contributed by atoms with van der Waals surface area (Å²) in [7, 11) is 6.67. The first-order valence-corrected chi connectivity index (χ1v) is 18.8. The van der Waals surface area contributed by atoms with Gasteiger partial charge in [-0.15, -0.1) is 0 Å². The molecule has 0 bridgehead atoms. The standard InChI is InChI=1S/C33H55N3O6.C6H10O5/c1-10-23(4)31(35(6)29(37)19-22(2)3)27(40-7)20-30(38)36-18-14-17-26(36)32(42-9)24(5)33(39)34-21-28(41-8)25-15-12-11-13-16-25;7-3-1-4(8)5(6(9)10)11-2-3/h11-13,15-16,22-24,26-28,31-32H,10,14,17-21H2,1-9H3,(H,34,39);3-5,7-8H,1-2H2,(H,9,10)/t23-,24?,26?,27?,28+,31?,32?;3?,4?,5-/m00/s1. The monoisotopic (exact) mass is 751 g/mol. The Bertz CT molecular complexity index is 1270. The number of aliphatic hydroxyl groups is 2. The molecule has 10 atom stereocenters. The van der Waals surface area contributed by atoms with E-state index in [4.69, 9.17) is 29.5 Å². The Hall–Kier alpha value is -3.14. The molecule has 0 aromatic heterocycles. The molecule has 0 spiro atoms. The van der Waals surface area contributed by atoms with Crippen molar-refractivity contribution in [1.82, 2.24) is 15.1 Å². The number of carboxylic acids is 1. The maximum atomic E-state index is 13.8. The maximum absolute atomic E-state index is 13.8. The van der Waals surface area contributed by atoms with E-state index in [-0.39, 0.29) is 67.2 Å². The van der Waals surface area contributed by atoms with Gasteiger partial charge in [0.1, 0.15) is 0 Å². The number of aliphatic hydroxyl groups excluding tert-OH is 2. The van der Waals surface area contributed by atoms with Crippen molar-refractivity contribution in [2.75, 3.05) is 48.1 Å². The van der Waals surface area contributed by atoms with Crippen LogP contribution in [0.3, 0.4) is 0 Å². The van der Waals surface area contributed by atoms with Gasteiger partial charge in [-0.05, 0) is 30.2 Å². The van der Waals surface area contributed by atoms with Crippen molar-refractivity contribution in [3.05, 3.63) is 35.9 Å². The number of methoxy groups -OCH3 is 3. The molecular weight excluding hydrogens is 686 g/mol. The van der Waals surface area contributed by atoms with Crippen molar-refractivity contribution >= 4 is 23.7 Å². The average Bonchev–Trinajstić information content (AvgIpc) is 3.61. The van der Waals surface area contributed by atoms with Gasteiger partial charge in [0, 0.05) is 54.3 Å². The van der Waals surface area contributed by atoms with Crippen molar-refractivity contribution < 1.29 is 53.4 Å². The molecule has 14 nitrogen and oxygen atoms in total. The van der Waals surface area contributed by atoms with Crippen LogP contribution in [0, 0.1) is 17.8 Å². The number of hydrogen-bond acceptors (Lipinski definition) is 10. The lowest BCUT2D eigenvalue weighted by atomic mass is 9.90. The molecule has 2 aliphatic rings. The Morgan fingerprint density at radius 1 is 1.00 bits per heavy atom. The number of carbonyl (C=O) groups is 4. The molecular formula is C39H65N3O11. The van der Waals surface area contributed by atoms with E-state index in [1.165, 1.54) is 0 Å². The SMILES string of the molecule is CC[C@H](C)C(C(CC(=O)N1CCCC1C(OC)C(C)C(=O)NC[C@@H](OC)c1ccccc1)OC)N(C)C(=O)CC(C)C.O=C(O)[C@H]1OCC(O)CC1O. The van der Waals surface area contributed by atoms with Crippen LogP contribution in [0.1, 0.15) is 84.8 Å². The van der Waals surface area contributed by atoms with E-state index in [0.29, 0.717) is 19.5 Å². The lowest BCUT2D eigenvalue weighted by Gasteiger charge is -2.39. The molecule has 2 saturated heterocycles. The molecule has 2 aliphatic heterocycles. The zero-order valence-corrected chi connectivity index (χ0v) is 33.1. The van der Waals surface area contributed by atoms with Crippen molar-refractivity contribution in [2.24, 2.45) is 17.8 Å². The predicted octanol–water partition coefficient (Wildman–Crippen LogP) is 3.04. The molecule has 1 aromatic carbocycles. The molecule has 3 rings (SSSR count). The summed E-state index contributed by atoms with van der Waals surface area (Å²) in [4.78, 5) is 54.0. The number of carbonyl (C=O) groups excluding carboxylic acids is 3. The molecule has 302 valence electrons. The minimum atomic E-state index is -1.19. The Kier molecular flexibility index (Phi) is 19.9. The van der Waals surface area contributed by atoms with E-state index < -0.39 is 42.4 Å². The van der Waals surface area contributed by atoms with Gasteiger partial charge in [0.05, 0.1) is 61.5 Å². The lowest BCUT2D eigenvalue weighted by Crippen LogP contribution is -2.53. The highest BCUT2D eigenvalue weighted by Crippen LogP contribution is 2.29. The van der Waals surface area contributed by atoms with Gasteiger partial charge in [-0.3, -0.25) is 14.4 Å². The summed E-state index contributed by atoms with van der Waals surface area (Å²) in [5.41, 5.74) is 0.990. The van der Waals surface area contributed by atoms with Crippen LogP contribution >= 0.6 is 0 Å². The number of ether oxygens (including phenoxy) is 4. The van der Waals surface area contributed by atoms with Crippen molar-refractivity contribution in [3.8, 4) is 0 Å². The number of amides is 3. The van der Waals surface area contributed by atoms with Gasteiger partial charge in [0.2, 0.25) is 17.7 Å². The van der Waals surface area contributed by atoms with E-state index in [0.717, 1.165) is 24.8 Å². The number of hydrogen-bond donors (Lipinski definition) is 4. The highest BCUT2D eigenvalue weighted by Gasteiger charge is 2.42. The van der Waals surface area contributed by atoms with Gasteiger partial charge in [0.15, 0.2) is 6.10 Å². The predicted molar refractivity (Wildman–Crippen MR) is 199 cm³/mol. The third-order valence-electron chi connectivity index (χ3n) is 10.4. The number of rotatable bonds is 18. The molecule has 0 saturated carbocycles. The molecule has 7 unspecified atom stereocenters. The summed E-state index contributed by atoms with van der Waals surface area (Å²) in [6.07, 6.45) is -1.07. The number of benzene rings is 1. The number of likely N-dealkylation sites (tertiary alicyclic amines) is 1. The van der Waals surface area contributed by atoms with E-state index in [1.54, 1.807) is 26.2 Å².